The molecule has 1 aromatic carbocycles. The molecule has 0 aliphatic carbocycles. The van der Waals surface area contributed by atoms with Crippen molar-refractivity contribution in [1.82, 2.24) is 5.32 Å². The van der Waals surface area contributed by atoms with Gasteiger partial charge in [-0.25, -0.2) is 4.39 Å². The molecule has 112 valence electrons. The third-order valence-electron chi connectivity index (χ3n) is 3.32. The molecule has 0 amide bonds. The van der Waals surface area contributed by atoms with Crippen LogP contribution in [0.5, 0.6) is 5.75 Å². The minimum atomic E-state index is -0.309. The Kier molecular flexibility index (Phi) is 6.26. The second kappa shape index (κ2) is 7.96. The van der Waals surface area contributed by atoms with Gasteiger partial charge in [-0.15, -0.1) is 0 Å². The quantitative estimate of drug-likeness (QED) is 0.767. The lowest BCUT2D eigenvalue weighted by Gasteiger charge is -2.15. The van der Waals surface area contributed by atoms with Crippen molar-refractivity contribution in [2.24, 2.45) is 0 Å². The number of halogens is 2. The summed E-state index contributed by atoms with van der Waals surface area (Å²) in [6, 6.07) is 4.79. The Bertz CT molecular complexity index is 430. The topological polar surface area (TPSA) is 30.5 Å². The van der Waals surface area contributed by atoms with Gasteiger partial charge in [0.2, 0.25) is 0 Å². The number of hydrogen-bond acceptors (Lipinski definition) is 3. The largest absolute Gasteiger partial charge is 0.491 e. The van der Waals surface area contributed by atoms with Gasteiger partial charge in [0, 0.05) is 12.6 Å². The zero-order valence-electron chi connectivity index (χ0n) is 11.7. The van der Waals surface area contributed by atoms with Crippen LogP contribution in [0.3, 0.4) is 0 Å². The molecule has 0 saturated carbocycles. The molecule has 0 radical (unpaired) electrons. The SMILES string of the molecule is CCCNCC1CCC(COc2ccc(Br)c(F)c2)O1. The molecule has 1 aliphatic rings. The van der Waals surface area contributed by atoms with Gasteiger partial charge in [-0.2, -0.15) is 0 Å². The van der Waals surface area contributed by atoms with Crippen molar-refractivity contribution in [3.05, 3.63) is 28.5 Å². The van der Waals surface area contributed by atoms with Gasteiger partial charge in [-0.1, -0.05) is 6.92 Å². The molecule has 1 saturated heterocycles. The van der Waals surface area contributed by atoms with Gasteiger partial charge in [-0.3, -0.25) is 0 Å². The van der Waals surface area contributed by atoms with Crippen molar-refractivity contribution < 1.29 is 13.9 Å². The van der Waals surface area contributed by atoms with Crippen LogP contribution in [0.4, 0.5) is 4.39 Å². The highest BCUT2D eigenvalue weighted by Crippen LogP contribution is 2.23. The summed E-state index contributed by atoms with van der Waals surface area (Å²) >= 11 is 3.12. The zero-order valence-corrected chi connectivity index (χ0v) is 13.3. The van der Waals surface area contributed by atoms with E-state index in [-0.39, 0.29) is 18.0 Å². The third-order valence-corrected chi connectivity index (χ3v) is 3.96. The molecule has 5 heteroatoms. The van der Waals surface area contributed by atoms with E-state index in [1.54, 1.807) is 12.1 Å². The molecular weight excluding hydrogens is 325 g/mol. The molecule has 0 bridgehead atoms. The fraction of sp³-hybridized carbons (Fsp3) is 0.600. The van der Waals surface area contributed by atoms with Crippen molar-refractivity contribution in [2.75, 3.05) is 19.7 Å². The molecule has 1 heterocycles. The van der Waals surface area contributed by atoms with E-state index >= 15 is 0 Å². The summed E-state index contributed by atoms with van der Waals surface area (Å²) in [5, 5.41) is 3.36. The summed E-state index contributed by atoms with van der Waals surface area (Å²) in [5.41, 5.74) is 0. The minimum Gasteiger partial charge on any atom is -0.491 e. The molecule has 1 N–H and O–H groups in total. The lowest BCUT2D eigenvalue weighted by atomic mass is 10.2. The van der Waals surface area contributed by atoms with E-state index in [0.29, 0.717) is 16.8 Å². The monoisotopic (exact) mass is 345 g/mol. The van der Waals surface area contributed by atoms with E-state index in [4.69, 9.17) is 9.47 Å². The lowest BCUT2D eigenvalue weighted by Crippen LogP contribution is -2.28. The van der Waals surface area contributed by atoms with Crippen LogP contribution >= 0.6 is 15.9 Å². The van der Waals surface area contributed by atoms with Crippen LogP contribution in [0, 0.1) is 5.82 Å². The van der Waals surface area contributed by atoms with Crippen molar-refractivity contribution >= 4 is 15.9 Å². The number of rotatable bonds is 7. The summed E-state index contributed by atoms with van der Waals surface area (Å²) in [5.74, 6) is 0.235. The van der Waals surface area contributed by atoms with E-state index in [0.717, 1.165) is 32.4 Å². The zero-order chi connectivity index (χ0) is 14.4. The van der Waals surface area contributed by atoms with E-state index in [1.165, 1.54) is 6.07 Å². The van der Waals surface area contributed by atoms with Gasteiger partial charge in [0.1, 0.15) is 18.2 Å². The molecular formula is C15H21BrFNO2. The Labute approximate surface area is 128 Å². The van der Waals surface area contributed by atoms with Crippen LogP contribution in [0.1, 0.15) is 26.2 Å². The number of nitrogens with one attached hydrogen (secondary N) is 1. The standard InChI is InChI=1S/C15H21BrFNO2/c1-2-7-18-9-12-3-4-13(20-12)10-19-11-5-6-14(16)15(17)8-11/h5-6,8,12-13,18H,2-4,7,9-10H2,1H3. The van der Waals surface area contributed by atoms with Crippen molar-refractivity contribution in [3.8, 4) is 5.75 Å². The Hall–Kier alpha value is -0.650. The normalized spacial score (nSPS) is 22.1. The molecule has 20 heavy (non-hydrogen) atoms. The first-order valence-electron chi connectivity index (χ1n) is 7.13. The Morgan fingerprint density at radius 1 is 1.40 bits per heavy atom. The van der Waals surface area contributed by atoms with Crippen molar-refractivity contribution in [1.29, 1.82) is 0 Å². The number of ether oxygens (including phenoxy) is 2. The predicted octanol–water partition coefficient (Wildman–Crippen LogP) is 3.51. The molecule has 1 aromatic rings. The first-order chi connectivity index (χ1) is 9.69. The average molecular weight is 346 g/mol. The molecule has 2 atom stereocenters. The molecule has 0 aromatic heterocycles. The summed E-state index contributed by atoms with van der Waals surface area (Å²) in [6.07, 6.45) is 3.57. The van der Waals surface area contributed by atoms with Crippen LogP contribution in [0.25, 0.3) is 0 Å². The fourth-order valence-electron chi connectivity index (χ4n) is 2.25. The summed E-state index contributed by atoms with van der Waals surface area (Å²) in [4.78, 5) is 0. The summed E-state index contributed by atoms with van der Waals surface area (Å²) < 4.78 is 25.3. The molecule has 1 aliphatic heterocycles. The maximum Gasteiger partial charge on any atom is 0.141 e. The fourth-order valence-corrected chi connectivity index (χ4v) is 2.50. The molecule has 3 nitrogen and oxygen atoms in total. The van der Waals surface area contributed by atoms with Gasteiger partial charge in [-0.05, 0) is 53.9 Å². The molecule has 1 fully saturated rings. The highest BCUT2D eigenvalue weighted by Gasteiger charge is 2.25. The third kappa shape index (κ3) is 4.72. The lowest BCUT2D eigenvalue weighted by molar-refractivity contribution is 0.0186. The van der Waals surface area contributed by atoms with Gasteiger partial charge in [0.25, 0.3) is 0 Å². The highest BCUT2D eigenvalue weighted by molar-refractivity contribution is 9.10. The first kappa shape index (κ1) is 15.7. The van der Waals surface area contributed by atoms with Crippen LogP contribution in [0.2, 0.25) is 0 Å². The number of benzene rings is 1. The first-order valence-corrected chi connectivity index (χ1v) is 7.92. The summed E-state index contributed by atoms with van der Waals surface area (Å²) in [6.45, 7) is 4.55. The van der Waals surface area contributed by atoms with Gasteiger partial charge in [0.15, 0.2) is 0 Å². The van der Waals surface area contributed by atoms with Gasteiger partial charge >= 0.3 is 0 Å². The van der Waals surface area contributed by atoms with Gasteiger partial charge < -0.3 is 14.8 Å². The van der Waals surface area contributed by atoms with Crippen LogP contribution in [0.15, 0.2) is 22.7 Å². The van der Waals surface area contributed by atoms with E-state index < -0.39 is 0 Å². The van der Waals surface area contributed by atoms with Crippen LogP contribution in [-0.2, 0) is 4.74 Å². The second-order valence-corrected chi connectivity index (χ2v) is 5.90. The maximum atomic E-state index is 13.3. The smallest absolute Gasteiger partial charge is 0.141 e. The molecule has 2 rings (SSSR count). The maximum absolute atomic E-state index is 13.3. The van der Waals surface area contributed by atoms with E-state index in [1.807, 2.05) is 0 Å². The molecule has 2 unspecified atom stereocenters. The van der Waals surface area contributed by atoms with Crippen LogP contribution in [-0.4, -0.2) is 31.9 Å². The van der Waals surface area contributed by atoms with Crippen molar-refractivity contribution in [3.63, 3.8) is 0 Å². The highest BCUT2D eigenvalue weighted by atomic mass is 79.9. The van der Waals surface area contributed by atoms with Crippen molar-refractivity contribution in [2.45, 2.75) is 38.4 Å². The second-order valence-electron chi connectivity index (χ2n) is 5.05. The van der Waals surface area contributed by atoms with Gasteiger partial charge in [0.05, 0.1) is 16.7 Å². The van der Waals surface area contributed by atoms with Crippen LogP contribution < -0.4 is 10.1 Å². The average Bonchev–Trinajstić information content (AvgIpc) is 2.88. The van der Waals surface area contributed by atoms with E-state index in [9.17, 15) is 4.39 Å². The Morgan fingerprint density at radius 3 is 2.95 bits per heavy atom. The Balaban J connectivity index is 1.71. The number of hydrogen-bond donors (Lipinski definition) is 1. The Morgan fingerprint density at radius 2 is 2.20 bits per heavy atom. The minimum absolute atomic E-state index is 0.107. The summed E-state index contributed by atoms with van der Waals surface area (Å²) in [7, 11) is 0. The predicted molar refractivity (Wildman–Crippen MR) is 80.7 cm³/mol. The van der Waals surface area contributed by atoms with E-state index in [2.05, 4.69) is 28.2 Å². The molecule has 0 spiro atoms.